The Morgan fingerprint density at radius 2 is 1.91 bits per heavy atom. The molecule has 1 aromatic heterocycles. The van der Waals surface area contributed by atoms with Crippen LogP contribution >= 0.6 is 48.8 Å². The van der Waals surface area contributed by atoms with Crippen molar-refractivity contribution >= 4 is 48.8 Å². The minimum atomic E-state index is 0. The number of rotatable bonds is 3. The van der Waals surface area contributed by atoms with Gasteiger partial charge >= 0.3 is 0 Å². The molecule has 1 saturated heterocycles. The normalized spacial score (nSPS) is 14.4. The molecule has 0 bridgehead atoms. The van der Waals surface area contributed by atoms with Gasteiger partial charge in [-0.2, -0.15) is 0 Å². The maximum absolute atomic E-state index is 5.98. The molecule has 3 rings (SSSR count). The molecule has 1 aliphatic heterocycles. The van der Waals surface area contributed by atoms with Crippen LogP contribution in [0, 0.1) is 0 Å². The third-order valence-corrected chi connectivity index (χ3v) is 3.47. The fraction of sp³-hybridized carbons (Fsp3) is 0.357. The quantitative estimate of drug-likeness (QED) is 0.873. The molecule has 1 aliphatic rings. The van der Waals surface area contributed by atoms with Gasteiger partial charge in [0.05, 0.1) is 12.7 Å². The minimum Gasteiger partial charge on any atom is -0.439 e. The molecule has 0 amide bonds. The maximum atomic E-state index is 5.98. The second-order valence-corrected chi connectivity index (χ2v) is 5.09. The zero-order valence-corrected chi connectivity index (χ0v) is 15.0. The van der Waals surface area contributed by atoms with Gasteiger partial charge in [-0.25, -0.2) is 4.98 Å². The van der Waals surface area contributed by atoms with E-state index in [0.29, 0.717) is 5.02 Å². The Morgan fingerprint density at radius 3 is 2.59 bits per heavy atom. The fourth-order valence-electron chi connectivity index (χ4n) is 2.22. The SMILES string of the molecule is Cl.Cl.Cl.Clc1cccc(-c2cnc(CN3CCNCC3)o2)c1. The molecule has 8 heteroatoms. The van der Waals surface area contributed by atoms with Gasteiger partial charge in [0.25, 0.3) is 0 Å². The van der Waals surface area contributed by atoms with Crippen molar-refractivity contribution in [3.8, 4) is 11.3 Å². The lowest BCUT2D eigenvalue weighted by atomic mass is 10.2. The largest absolute Gasteiger partial charge is 0.439 e. The van der Waals surface area contributed by atoms with Crippen molar-refractivity contribution in [1.29, 1.82) is 0 Å². The van der Waals surface area contributed by atoms with Gasteiger partial charge in [-0.05, 0) is 12.1 Å². The molecule has 124 valence electrons. The Labute approximate surface area is 153 Å². The van der Waals surface area contributed by atoms with E-state index in [1.165, 1.54) is 0 Å². The number of halogens is 4. The number of piperazine rings is 1. The first-order chi connectivity index (χ1) is 9.31. The van der Waals surface area contributed by atoms with Gasteiger partial charge in [-0.15, -0.1) is 37.2 Å². The number of hydrogen-bond donors (Lipinski definition) is 1. The monoisotopic (exact) mass is 385 g/mol. The lowest BCUT2D eigenvalue weighted by molar-refractivity contribution is 0.213. The van der Waals surface area contributed by atoms with Gasteiger partial charge in [0.2, 0.25) is 5.89 Å². The van der Waals surface area contributed by atoms with Crippen LogP contribution in [0.3, 0.4) is 0 Å². The molecule has 1 aromatic carbocycles. The predicted molar refractivity (Wildman–Crippen MR) is 96.8 cm³/mol. The maximum Gasteiger partial charge on any atom is 0.209 e. The van der Waals surface area contributed by atoms with Crippen LogP contribution in [0.1, 0.15) is 5.89 Å². The molecule has 2 heterocycles. The van der Waals surface area contributed by atoms with Gasteiger partial charge < -0.3 is 9.73 Å². The molecule has 1 N–H and O–H groups in total. The molecule has 0 radical (unpaired) electrons. The number of hydrogen-bond acceptors (Lipinski definition) is 4. The molecular formula is C14H19Cl4N3O. The van der Waals surface area contributed by atoms with Crippen molar-refractivity contribution in [3.63, 3.8) is 0 Å². The summed E-state index contributed by atoms with van der Waals surface area (Å²) in [6.45, 7) is 4.90. The van der Waals surface area contributed by atoms with Crippen LogP contribution in [0.5, 0.6) is 0 Å². The topological polar surface area (TPSA) is 41.3 Å². The van der Waals surface area contributed by atoms with Gasteiger partial charge in [0, 0.05) is 36.8 Å². The number of nitrogens with zero attached hydrogens (tertiary/aromatic N) is 2. The molecule has 0 saturated carbocycles. The Morgan fingerprint density at radius 1 is 1.18 bits per heavy atom. The summed E-state index contributed by atoms with van der Waals surface area (Å²) in [7, 11) is 0. The van der Waals surface area contributed by atoms with Crippen molar-refractivity contribution in [1.82, 2.24) is 15.2 Å². The van der Waals surface area contributed by atoms with E-state index < -0.39 is 0 Å². The highest BCUT2D eigenvalue weighted by molar-refractivity contribution is 6.30. The molecular weight excluding hydrogens is 368 g/mol. The summed E-state index contributed by atoms with van der Waals surface area (Å²) in [5.41, 5.74) is 0.964. The Hall–Kier alpha value is -0.490. The van der Waals surface area contributed by atoms with E-state index in [1.807, 2.05) is 24.3 Å². The van der Waals surface area contributed by atoms with Crippen molar-refractivity contribution in [2.45, 2.75) is 6.54 Å². The molecule has 2 aromatic rings. The van der Waals surface area contributed by atoms with Crippen LogP contribution in [-0.2, 0) is 6.54 Å². The predicted octanol–water partition coefficient (Wildman–Crippen LogP) is 3.67. The Balaban J connectivity index is 0.00000147. The van der Waals surface area contributed by atoms with Crippen LogP contribution in [-0.4, -0.2) is 36.1 Å². The average molecular weight is 387 g/mol. The fourth-order valence-corrected chi connectivity index (χ4v) is 2.41. The summed E-state index contributed by atoms with van der Waals surface area (Å²) in [5, 5.41) is 4.04. The van der Waals surface area contributed by atoms with Crippen molar-refractivity contribution < 1.29 is 4.42 Å². The second-order valence-electron chi connectivity index (χ2n) is 4.65. The lowest BCUT2D eigenvalue weighted by Crippen LogP contribution is -2.42. The van der Waals surface area contributed by atoms with E-state index >= 15 is 0 Å². The van der Waals surface area contributed by atoms with Crippen molar-refractivity contribution in [3.05, 3.63) is 41.4 Å². The van der Waals surface area contributed by atoms with Gasteiger partial charge in [0.1, 0.15) is 0 Å². The third-order valence-electron chi connectivity index (χ3n) is 3.23. The Kier molecular flexibility index (Phi) is 10.1. The van der Waals surface area contributed by atoms with Gasteiger partial charge in [-0.3, -0.25) is 4.90 Å². The van der Waals surface area contributed by atoms with Gasteiger partial charge in [-0.1, -0.05) is 23.7 Å². The first-order valence-electron chi connectivity index (χ1n) is 6.45. The number of benzene rings is 1. The van der Waals surface area contributed by atoms with E-state index in [0.717, 1.165) is 49.9 Å². The van der Waals surface area contributed by atoms with E-state index in [1.54, 1.807) is 6.20 Å². The smallest absolute Gasteiger partial charge is 0.209 e. The van der Waals surface area contributed by atoms with Gasteiger partial charge in [0.15, 0.2) is 5.76 Å². The highest BCUT2D eigenvalue weighted by Gasteiger charge is 2.13. The van der Waals surface area contributed by atoms with E-state index in [2.05, 4.69) is 15.2 Å². The van der Waals surface area contributed by atoms with Crippen molar-refractivity contribution in [2.75, 3.05) is 26.2 Å². The standard InChI is InChI=1S/C14H16ClN3O.3ClH/c15-12-3-1-2-11(8-12)13-9-17-14(19-13)10-18-6-4-16-5-7-18;;;/h1-3,8-9,16H,4-7,10H2;3*1H. The van der Waals surface area contributed by atoms with E-state index in [4.69, 9.17) is 16.0 Å². The Bertz CT molecular complexity index is 559. The van der Waals surface area contributed by atoms with E-state index in [-0.39, 0.29) is 37.2 Å². The minimum absolute atomic E-state index is 0. The molecule has 4 nitrogen and oxygen atoms in total. The highest BCUT2D eigenvalue weighted by atomic mass is 35.5. The average Bonchev–Trinajstić information content (AvgIpc) is 2.88. The number of oxazole rings is 1. The second kappa shape index (κ2) is 10.3. The molecule has 22 heavy (non-hydrogen) atoms. The summed E-state index contributed by atoms with van der Waals surface area (Å²) in [4.78, 5) is 6.68. The lowest BCUT2D eigenvalue weighted by Gasteiger charge is -2.25. The first-order valence-corrected chi connectivity index (χ1v) is 6.83. The summed E-state index contributed by atoms with van der Waals surface area (Å²) < 4.78 is 5.80. The van der Waals surface area contributed by atoms with Crippen LogP contribution in [0.15, 0.2) is 34.9 Å². The molecule has 0 aliphatic carbocycles. The zero-order chi connectivity index (χ0) is 13.1. The summed E-state index contributed by atoms with van der Waals surface area (Å²) in [5.74, 6) is 1.53. The van der Waals surface area contributed by atoms with Crippen LogP contribution < -0.4 is 5.32 Å². The van der Waals surface area contributed by atoms with Crippen LogP contribution in [0.2, 0.25) is 5.02 Å². The summed E-state index contributed by atoms with van der Waals surface area (Å²) in [6, 6.07) is 7.62. The molecule has 0 unspecified atom stereocenters. The number of nitrogens with one attached hydrogen (secondary N) is 1. The van der Waals surface area contributed by atoms with E-state index in [9.17, 15) is 0 Å². The summed E-state index contributed by atoms with van der Waals surface area (Å²) in [6.07, 6.45) is 1.77. The molecule has 0 atom stereocenters. The van der Waals surface area contributed by atoms with Crippen molar-refractivity contribution in [2.24, 2.45) is 0 Å². The first kappa shape index (κ1) is 21.5. The van der Waals surface area contributed by atoms with Crippen LogP contribution in [0.4, 0.5) is 0 Å². The molecule has 0 spiro atoms. The highest BCUT2D eigenvalue weighted by Crippen LogP contribution is 2.23. The van der Waals surface area contributed by atoms with Crippen LogP contribution in [0.25, 0.3) is 11.3 Å². The third kappa shape index (κ3) is 5.61. The number of aromatic nitrogens is 1. The summed E-state index contributed by atoms with van der Waals surface area (Å²) >= 11 is 5.98. The zero-order valence-electron chi connectivity index (χ0n) is 11.8. The molecule has 1 fully saturated rings.